The highest BCUT2D eigenvalue weighted by Crippen LogP contribution is 2.23. The second kappa shape index (κ2) is 5.92. The van der Waals surface area contributed by atoms with E-state index in [1.54, 1.807) is 24.3 Å². The van der Waals surface area contributed by atoms with Crippen molar-refractivity contribution in [3.8, 4) is 5.75 Å². The van der Waals surface area contributed by atoms with Crippen molar-refractivity contribution < 1.29 is 13.9 Å². The summed E-state index contributed by atoms with van der Waals surface area (Å²) >= 11 is 0. The Morgan fingerprint density at radius 2 is 1.85 bits per heavy atom. The minimum Gasteiger partial charge on any atom is -0.495 e. The van der Waals surface area contributed by atoms with E-state index in [9.17, 15) is 9.18 Å². The average Bonchev–Trinajstić information content (AvgIpc) is 2.43. The molecule has 0 aliphatic carbocycles. The maximum absolute atomic E-state index is 13.5. The topological polar surface area (TPSA) is 76.4 Å². The van der Waals surface area contributed by atoms with Crippen molar-refractivity contribution in [3.05, 3.63) is 48.3 Å². The van der Waals surface area contributed by atoms with Gasteiger partial charge in [-0.3, -0.25) is 0 Å². The van der Waals surface area contributed by atoms with Crippen LogP contribution in [0.4, 0.5) is 26.2 Å². The Morgan fingerprint density at radius 3 is 2.60 bits per heavy atom. The number of anilines is 3. The molecular weight excluding hydrogens is 261 g/mol. The first-order chi connectivity index (χ1) is 9.60. The number of para-hydroxylation sites is 2. The van der Waals surface area contributed by atoms with Gasteiger partial charge in [-0.05, 0) is 30.3 Å². The number of nitrogens with two attached hydrogens (primary N) is 1. The van der Waals surface area contributed by atoms with E-state index in [1.165, 1.54) is 25.3 Å². The van der Waals surface area contributed by atoms with Gasteiger partial charge >= 0.3 is 6.03 Å². The van der Waals surface area contributed by atoms with Crippen molar-refractivity contribution in [2.45, 2.75) is 0 Å². The summed E-state index contributed by atoms with van der Waals surface area (Å²) in [6, 6.07) is 10.3. The Kier molecular flexibility index (Phi) is 4.05. The molecule has 6 heteroatoms. The number of nitrogens with one attached hydrogen (secondary N) is 2. The zero-order valence-corrected chi connectivity index (χ0v) is 10.8. The number of hydrogen-bond acceptors (Lipinski definition) is 3. The summed E-state index contributed by atoms with van der Waals surface area (Å²) in [4.78, 5) is 11.8. The van der Waals surface area contributed by atoms with Gasteiger partial charge in [-0.1, -0.05) is 12.1 Å². The second-order valence-corrected chi connectivity index (χ2v) is 4.02. The molecule has 0 spiro atoms. The third-order valence-corrected chi connectivity index (χ3v) is 2.59. The third kappa shape index (κ3) is 3.17. The molecule has 104 valence electrons. The van der Waals surface area contributed by atoms with Crippen LogP contribution in [0.15, 0.2) is 42.5 Å². The molecule has 2 rings (SSSR count). The van der Waals surface area contributed by atoms with Gasteiger partial charge in [0.2, 0.25) is 0 Å². The minimum atomic E-state index is -0.584. The van der Waals surface area contributed by atoms with E-state index in [0.29, 0.717) is 17.1 Å². The van der Waals surface area contributed by atoms with Gasteiger partial charge in [-0.2, -0.15) is 0 Å². The normalized spacial score (nSPS) is 9.90. The van der Waals surface area contributed by atoms with Gasteiger partial charge in [-0.15, -0.1) is 0 Å². The maximum atomic E-state index is 13.5. The van der Waals surface area contributed by atoms with Crippen molar-refractivity contribution in [2.24, 2.45) is 0 Å². The number of nitrogen functional groups attached to an aromatic ring is 1. The fourth-order valence-corrected chi connectivity index (χ4v) is 1.66. The van der Waals surface area contributed by atoms with Gasteiger partial charge in [0.1, 0.15) is 11.6 Å². The SMILES string of the molecule is COc1ccccc1NC(=O)Nc1cc(N)ccc1F. The quantitative estimate of drug-likeness (QED) is 0.753. The number of halogens is 1. The molecule has 0 aliphatic heterocycles. The smallest absolute Gasteiger partial charge is 0.323 e. The number of hydrogen-bond donors (Lipinski definition) is 3. The summed E-state index contributed by atoms with van der Waals surface area (Å²) in [5.74, 6) is -0.0509. The fourth-order valence-electron chi connectivity index (χ4n) is 1.66. The highest BCUT2D eigenvalue weighted by Gasteiger charge is 2.09. The Balaban J connectivity index is 2.11. The number of rotatable bonds is 3. The van der Waals surface area contributed by atoms with Crippen LogP contribution in [0.5, 0.6) is 5.75 Å². The Labute approximate surface area is 115 Å². The molecule has 0 aromatic heterocycles. The van der Waals surface area contributed by atoms with E-state index >= 15 is 0 Å². The summed E-state index contributed by atoms with van der Waals surface area (Å²) in [5.41, 5.74) is 6.40. The van der Waals surface area contributed by atoms with E-state index in [1.807, 2.05) is 0 Å². The monoisotopic (exact) mass is 275 g/mol. The first-order valence-electron chi connectivity index (χ1n) is 5.86. The van der Waals surface area contributed by atoms with E-state index in [2.05, 4.69) is 10.6 Å². The highest BCUT2D eigenvalue weighted by molar-refractivity contribution is 6.00. The van der Waals surface area contributed by atoms with Crippen LogP contribution in [0.25, 0.3) is 0 Å². The Morgan fingerprint density at radius 1 is 1.15 bits per heavy atom. The zero-order chi connectivity index (χ0) is 14.5. The molecule has 20 heavy (non-hydrogen) atoms. The van der Waals surface area contributed by atoms with Crippen LogP contribution < -0.4 is 21.1 Å². The van der Waals surface area contributed by atoms with Crippen molar-refractivity contribution in [1.29, 1.82) is 0 Å². The van der Waals surface area contributed by atoms with Crippen molar-refractivity contribution in [2.75, 3.05) is 23.5 Å². The standard InChI is InChI=1S/C14H14FN3O2/c1-20-13-5-3-2-4-11(13)17-14(19)18-12-8-9(16)6-7-10(12)15/h2-8H,16H2,1H3,(H2,17,18,19). The molecule has 0 aliphatic rings. The number of amides is 2. The molecule has 0 unspecified atom stereocenters. The van der Waals surface area contributed by atoms with Crippen LogP contribution >= 0.6 is 0 Å². The number of ether oxygens (including phenoxy) is 1. The molecule has 0 atom stereocenters. The maximum Gasteiger partial charge on any atom is 0.323 e. The van der Waals surface area contributed by atoms with E-state index in [-0.39, 0.29) is 5.69 Å². The first-order valence-corrected chi connectivity index (χ1v) is 5.86. The zero-order valence-electron chi connectivity index (χ0n) is 10.8. The average molecular weight is 275 g/mol. The predicted molar refractivity (Wildman–Crippen MR) is 76.4 cm³/mol. The minimum absolute atomic E-state index is 0.0115. The number of methoxy groups -OCH3 is 1. The van der Waals surface area contributed by atoms with Gasteiger partial charge in [0.15, 0.2) is 0 Å². The van der Waals surface area contributed by atoms with Crippen LogP contribution in [0.2, 0.25) is 0 Å². The van der Waals surface area contributed by atoms with Crippen LogP contribution in [-0.2, 0) is 0 Å². The summed E-state index contributed by atoms with van der Waals surface area (Å²) in [6.07, 6.45) is 0. The lowest BCUT2D eigenvalue weighted by Gasteiger charge is -2.11. The summed E-state index contributed by atoms with van der Waals surface area (Å²) in [5, 5.41) is 4.96. The van der Waals surface area contributed by atoms with Crippen LogP contribution in [-0.4, -0.2) is 13.1 Å². The fraction of sp³-hybridized carbons (Fsp3) is 0.0714. The number of carbonyl (C=O) groups excluding carboxylic acids is 1. The van der Waals surface area contributed by atoms with Crippen molar-refractivity contribution in [1.82, 2.24) is 0 Å². The third-order valence-electron chi connectivity index (χ3n) is 2.59. The predicted octanol–water partition coefficient (Wildman–Crippen LogP) is 3.06. The van der Waals surface area contributed by atoms with Gasteiger partial charge in [0.05, 0.1) is 18.5 Å². The van der Waals surface area contributed by atoms with E-state index in [0.717, 1.165) is 0 Å². The summed E-state index contributed by atoms with van der Waals surface area (Å²) in [7, 11) is 1.50. The van der Waals surface area contributed by atoms with Gasteiger partial charge in [0.25, 0.3) is 0 Å². The number of carbonyl (C=O) groups is 1. The largest absolute Gasteiger partial charge is 0.495 e. The van der Waals surface area contributed by atoms with Gasteiger partial charge in [-0.25, -0.2) is 9.18 Å². The molecule has 4 N–H and O–H groups in total. The molecule has 0 heterocycles. The Bertz CT molecular complexity index is 632. The molecule has 0 saturated heterocycles. The van der Waals surface area contributed by atoms with Gasteiger partial charge in [0, 0.05) is 5.69 Å². The second-order valence-electron chi connectivity index (χ2n) is 4.02. The molecule has 2 aromatic rings. The molecule has 0 saturated carbocycles. The van der Waals surface area contributed by atoms with Crippen molar-refractivity contribution >= 4 is 23.1 Å². The molecule has 0 radical (unpaired) electrons. The van der Waals surface area contributed by atoms with Crippen molar-refractivity contribution in [3.63, 3.8) is 0 Å². The first kappa shape index (κ1) is 13.7. The van der Waals surface area contributed by atoms with Crippen LogP contribution in [0.1, 0.15) is 0 Å². The highest BCUT2D eigenvalue weighted by atomic mass is 19.1. The lowest BCUT2D eigenvalue weighted by atomic mass is 10.2. The number of urea groups is 1. The molecule has 2 amide bonds. The summed E-state index contributed by atoms with van der Waals surface area (Å²) in [6.45, 7) is 0. The van der Waals surface area contributed by atoms with E-state index in [4.69, 9.17) is 10.5 Å². The lowest BCUT2D eigenvalue weighted by Crippen LogP contribution is -2.20. The van der Waals surface area contributed by atoms with Gasteiger partial charge < -0.3 is 21.1 Å². The lowest BCUT2D eigenvalue weighted by molar-refractivity contribution is 0.262. The molecular formula is C14H14FN3O2. The molecule has 5 nitrogen and oxygen atoms in total. The molecule has 2 aromatic carbocycles. The van der Waals surface area contributed by atoms with E-state index < -0.39 is 11.8 Å². The van der Waals surface area contributed by atoms with Crippen LogP contribution in [0.3, 0.4) is 0 Å². The number of benzene rings is 2. The molecule has 0 bridgehead atoms. The van der Waals surface area contributed by atoms with Crippen LogP contribution in [0, 0.1) is 5.82 Å². The summed E-state index contributed by atoms with van der Waals surface area (Å²) < 4.78 is 18.6. The molecule has 0 fully saturated rings. The Hall–Kier alpha value is -2.76.